The van der Waals surface area contributed by atoms with E-state index in [1.165, 1.54) is 5.56 Å². The van der Waals surface area contributed by atoms with E-state index in [1.807, 2.05) is 39.8 Å². The molecule has 0 atom stereocenters. The van der Waals surface area contributed by atoms with Crippen LogP contribution in [0.3, 0.4) is 0 Å². The number of rotatable bonds is 3. The highest BCUT2D eigenvalue weighted by Gasteiger charge is 2.33. The molecule has 0 unspecified atom stereocenters. The van der Waals surface area contributed by atoms with Gasteiger partial charge in [0.05, 0.1) is 24.8 Å². The first kappa shape index (κ1) is 16.3. The van der Waals surface area contributed by atoms with E-state index in [9.17, 15) is 4.79 Å². The van der Waals surface area contributed by atoms with Crippen molar-refractivity contribution in [3.63, 3.8) is 0 Å². The number of benzene rings is 1. The first-order valence-corrected chi connectivity index (χ1v) is 7.99. The quantitative estimate of drug-likeness (QED) is 0.902. The van der Waals surface area contributed by atoms with Gasteiger partial charge in [-0.3, -0.25) is 0 Å². The molecule has 5 heteroatoms. The molecule has 2 rings (SSSR count). The minimum absolute atomic E-state index is 0.0222. The lowest BCUT2D eigenvalue weighted by Crippen LogP contribution is -2.59. The van der Waals surface area contributed by atoms with Gasteiger partial charge in [0, 0.05) is 11.0 Å². The van der Waals surface area contributed by atoms with Crippen molar-refractivity contribution in [2.24, 2.45) is 0 Å². The van der Waals surface area contributed by atoms with Gasteiger partial charge in [0.15, 0.2) is 0 Å². The van der Waals surface area contributed by atoms with Crippen LogP contribution in [0.5, 0.6) is 0 Å². The number of aryl methyl sites for hydroxylation is 1. The van der Waals surface area contributed by atoms with Crippen LogP contribution in [0.4, 0.5) is 4.79 Å². The number of hydrogen-bond acceptors (Lipinski definition) is 2. The van der Waals surface area contributed by atoms with Crippen molar-refractivity contribution in [2.75, 3.05) is 13.1 Å². The number of ether oxygens (including phenoxy) is 1. The van der Waals surface area contributed by atoms with Crippen LogP contribution in [-0.4, -0.2) is 35.7 Å². The van der Waals surface area contributed by atoms with E-state index in [4.69, 9.17) is 4.74 Å². The summed E-state index contributed by atoms with van der Waals surface area (Å²) in [4.78, 5) is 13.8. The molecule has 1 saturated heterocycles. The van der Waals surface area contributed by atoms with Crippen molar-refractivity contribution in [3.05, 3.63) is 33.8 Å². The molecule has 1 aliphatic rings. The Hall–Kier alpha value is -1.07. The van der Waals surface area contributed by atoms with Gasteiger partial charge >= 0.3 is 6.03 Å². The number of nitrogens with one attached hydrogen (secondary N) is 1. The number of nitrogens with zero attached hydrogens (tertiary/aromatic N) is 1. The molecule has 21 heavy (non-hydrogen) atoms. The molecule has 1 aliphatic heterocycles. The summed E-state index contributed by atoms with van der Waals surface area (Å²) in [6, 6.07) is 6.05. The van der Waals surface area contributed by atoms with Gasteiger partial charge < -0.3 is 15.0 Å². The van der Waals surface area contributed by atoms with E-state index in [1.54, 1.807) is 4.90 Å². The SMILES string of the molecule is Cc1cc(Br)ccc1CNC(=O)N1CC(OC(C)(C)C)C1. The number of urea groups is 1. The Morgan fingerprint density at radius 1 is 1.43 bits per heavy atom. The molecule has 1 fully saturated rings. The zero-order valence-electron chi connectivity index (χ0n) is 13.1. The average molecular weight is 355 g/mol. The van der Waals surface area contributed by atoms with E-state index < -0.39 is 0 Å². The van der Waals surface area contributed by atoms with Crippen LogP contribution in [0.1, 0.15) is 31.9 Å². The molecule has 1 heterocycles. The van der Waals surface area contributed by atoms with Crippen molar-refractivity contribution < 1.29 is 9.53 Å². The maximum atomic E-state index is 12.0. The van der Waals surface area contributed by atoms with Gasteiger partial charge in [-0.05, 0) is 51.0 Å². The third-order valence-electron chi connectivity index (χ3n) is 3.39. The first-order chi connectivity index (χ1) is 9.74. The normalized spacial score (nSPS) is 15.8. The average Bonchev–Trinajstić information content (AvgIpc) is 2.30. The summed E-state index contributed by atoms with van der Waals surface area (Å²) in [7, 11) is 0. The van der Waals surface area contributed by atoms with Crippen molar-refractivity contribution in [1.29, 1.82) is 0 Å². The molecule has 0 radical (unpaired) electrons. The molecule has 1 aromatic rings. The van der Waals surface area contributed by atoms with Crippen LogP contribution in [0, 0.1) is 6.92 Å². The fourth-order valence-corrected chi connectivity index (χ4v) is 2.79. The predicted octanol–water partition coefficient (Wildman–Crippen LogP) is 3.47. The fraction of sp³-hybridized carbons (Fsp3) is 0.562. The number of likely N-dealkylation sites (tertiary alicyclic amines) is 1. The topological polar surface area (TPSA) is 41.6 Å². The van der Waals surface area contributed by atoms with Gasteiger partial charge in [0.1, 0.15) is 0 Å². The minimum atomic E-state index is -0.151. The molecule has 1 aromatic carbocycles. The van der Waals surface area contributed by atoms with Gasteiger partial charge in [0.25, 0.3) is 0 Å². The number of carbonyl (C=O) groups excluding carboxylic acids is 1. The molecule has 1 N–H and O–H groups in total. The molecule has 2 amide bonds. The third kappa shape index (κ3) is 4.71. The van der Waals surface area contributed by atoms with E-state index in [0.717, 1.165) is 10.0 Å². The lowest BCUT2D eigenvalue weighted by molar-refractivity contribution is -0.111. The second kappa shape index (κ2) is 6.36. The van der Waals surface area contributed by atoms with Crippen LogP contribution in [0.2, 0.25) is 0 Å². The van der Waals surface area contributed by atoms with E-state index in [0.29, 0.717) is 19.6 Å². The summed E-state index contributed by atoms with van der Waals surface area (Å²) in [6.07, 6.45) is 0.158. The second-order valence-electron chi connectivity index (χ2n) is 6.49. The Kier molecular flexibility index (Phi) is 4.94. The van der Waals surface area contributed by atoms with Crippen LogP contribution in [-0.2, 0) is 11.3 Å². The summed E-state index contributed by atoms with van der Waals surface area (Å²) >= 11 is 3.44. The van der Waals surface area contributed by atoms with Gasteiger partial charge in [-0.2, -0.15) is 0 Å². The van der Waals surface area contributed by atoms with Crippen molar-refractivity contribution >= 4 is 22.0 Å². The van der Waals surface area contributed by atoms with Crippen molar-refractivity contribution in [1.82, 2.24) is 10.2 Å². The Morgan fingerprint density at radius 3 is 2.67 bits per heavy atom. The maximum absolute atomic E-state index is 12.0. The van der Waals surface area contributed by atoms with Crippen molar-refractivity contribution in [3.8, 4) is 0 Å². The molecule has 116 valence electrons. The van der Waals surface area contributed by atoms with Gasteiger partial charge in [-0.25, -0.2) is 4.79 Å². The molecule has 0 aromatic heterocycles. The molecular formula is C16H23BrN2O2. The number of carbonyl (C=O) groups is 1. The Bertz CT molecular complexity index is 519. The molecule has 4 nitrogen and oxygen atoms in total. The maximum Gasteiger partial charge on any atom is 0.317 e. The lowest BCUT2D eigenvalue weighted by atomic mass is 10.1. The Labute approximate surface area is 135 Å². The molecule has 0 bridgehead atoms. The number of halogens is 1. The zero-order chi connectivity index (χ0) is 15.6. The zero-order valence-corrected chi connectivity index (χ0v) is 14.7. The summed E-state index contributed by atoms with van der Waals surface area (Å²) in [5.74, 6) is 0. The summed E-state index contributed by atoms with van der Waals surface area (Å²) < 4.78 is 6.88. The van der Waals surface area contributed by atoms with Crippen LogP contribution >= 0.6 is 15.9 Å². The van der Waals surface area contributed by atoms with Gasteiger partial charge in [-0.15, -0.1) is 0 Å². The largest absolute Gasteiger partial charge is 0.369 e. The number of hydrogen-bond donors (Lipinski definition) is 1. The highest BCUT2D eigenvalue weighted by molar-refractivity contribution is 9.10. The predicted molar refractivity (Wildman–Crippen MR) is 87.3 cm³/mol. The monoisotopic (exact) mass is 354 g/mol. The minimum Gasteiger partial charge on any atom is -0.369 e. The number of amides is 2. The van der Waals surface area contributed by atoms with Gasteiger partial charge in [-0.1, -0.05) is 22.0 Å². The Balaban J connectivity index is 1.76. The van der Waals surface area contributed by atoms with E-state index in [-0.39, 0.29) is 17.7 Å². The highest BCUT2D eigenvalue weighted by Crippen LogP contribution is 2.19. The van der Waals surface area contributed by atoms with Crippen LogP contribution < -0.4 is 5.32 Å². The van der Waals surface area contributed by atoms with E-state index in [2.05, 4.69) is 27.3 Å². The second-order valence-corrected chi connectivity index (χ2v) is 7.40. The standard InChI is InChI=1S/C16H23BrN2O2/c1-11-7-13(17)6-5-12(11)8-18-15(20)19-9-14(10-19)21-16(2,3)4/h5-7,14H,8-10H2,1-4H3,(H,18,20). The van der Waals surface area contributed by atoms with Crippen molar-refractivity contribution in [2.45, 2.75) is 45.9 Å². The van der Waals surface area contributed by atoms with Gasteiger partial charge in [0.2, 0.25) is 0 Å². The summed E-state index contributed by atoms with van der Waals surface area (Å²) in [6.45, 7) is 10.0. The lowest BCUT2D eigenvalue weighted by Gasteiger charge is -2.41. The summed E-state index contributed by atoms with van der Waals surface area (Å²) in [5, 5.41) is 2.96. The third-order valence-corrected chi connectivity index (χ3v) is 3.88. The molecule has 0 spiro atoms. The van der Waals surface area contributed by atoms with E-state index >= 15 is 0 Å². The molecule has 0 aliphatic carbocycles. The Morgan fingerprint density at radius 2 is 2.10 bits per heavy atom. The van der Waals surface area contributed by atoms with Crippen LogP contribution in [0.15, 0.2) is 22.7 Å². The fourth-order valence-electron chi connectivity index (χ4n) is 2.32. The highest BCUT2D eigenvalue weighted by atomic mass is 79.9. The molecular weight excluding hydrogens is 332 g/mol. The smallest absolute Gasteiger partial charge is 0.317 e. The summed E-state index contributed by atoms with van der Waals surface area (Å²) in [5.41, 5.74) is 2.15. The van der Waals surface area contributed by atoms with Crippen LogP contribution in [0.25, 0.3) is 0 Å². The molecule has 0 saturated carbocycles. The first-order valence-electron chi connectivity index (χ1n) is 7.20.